The van der Waals surface area contributed by atoms with E-state index in [2.05, 4.69) is 31.2 Å². The number of hydrogen-bond donors (Lipinski definition) is 1. The fraction of sp³-hybridized carbons (Fsp3) is 0.600. The largest absolute Gasteiger partial charge is 0.382 e. The lowest BCUT2D eigenvalue weighted by atomic mass is 10.0. The number of ether oxygens (including phenoxy) is 3. The number of nitrogens with two attached hydrogens (primary N) is 1. The van der Waals surface area contributed by atoms with Crippen molar-refractivity contribution in [3.8, 4) is 0 Å². The van der Waals surface area contributed by atoms with E-state index in [1.807, 2.05) is 0 Å². The van der Waals surface area contributed by atoms with Crippen LogP contribution in [-0.4, -0.2) is 40.1 Å². The van der Waals surface area contributed by atoms with Gasteiger partial charge < -0.3 is 19.9 Å². The molecule has 19 heavy (non-hydrogen) atoms. The van der Waals surface area contributed by atoms with Crippen molar-refractivity contribution in [1.82, 2.24) is 0 Å². The van der Waals surface area contributed by atoms with Gasteiger partial charge in [0.25, 0.3) is 0 Å². The van der Waals surface area contributed by atoms with Crippen LogP contribution in [0.25, 0.3) is 0 Å². The molecular weight excluding hydrogens is 242 g/mol. The first-order valence-electron chi connectivity index (χ1n) is 6.71. The Kier molecular flexibility index (Phi) is 8.41. The number of benzene rings is 1. The van der Waals surface area contributed by atoms with Crippen molar-refractivity contribution in [2.45, 2.75) is 19.4 Å². The highest BCUT2D eigenvalue weighted by Gasteiger charge is 2.02. The van der Waals surface area contributed by atoms with Gasteiger partial charge in [0.1, 0.15) is 0 Å². The Balaban J connectivity index is 2.16. The number of methoxy groups -OCH3 is 1. The minimum atomic E-state index is 0.407. The Bertz CT molecular complexity index is 327. The van der Waals surface area contributed by atoms with Crippen molar-refractivity contribution in [3.05, 3.63) is 35.4 Å². The minimum absolute atomic E-state index is 0.407. The van der Waals surface area contributed by atoms with Crippen LogP contribution in [-0.2, 0) is 20.8 Å². The summed E-state index contributed by atoms with van der Waals surface area (Å²) in [5.41, 5.74) is 8.09. The van der Waals surface area contributed by atoms with Gasteiger partial charge in [-0.25, -0.2) is 0 Å². The number of hydrogen-bond acceptors (Lipinski definition) is 4. The molecule has 0 radical (unpaired) electrons. The van der Waals surface area contributed by atoms with Crippen molar-refractivity contribution in [1.29, 1.82) is 0 Å². The van der Waals surface area contributed by atoms with Gasteiger partial charge in [-0.2, -0.15) is 0 Å². The van der Waals surface area contributed by atoms with Gasteiger partial charge in [-0.3, -0.25) is 0 Å². The standard InChI is InChI=1S/C15H25NO3/c1-13(11-16)15-5-3-14(4-6-15)12-19-10-9-18-8-7-17-2/h3-6,13H,7-12,16H2,1-2H3. The molecule has 1 rings (SSSR count). The summed E-state index contributed by atoms with van der Waals surface area (Å²) < 4.78 is 15.7. The Morgan fingerprint density at radius 3 is 2.26 bits per heavy atom. The van der Waals surface area contributed by atoms with Gasteiger partial charge in [-0.1, -0.05) is 31.2 Å². The third kappa shape index (κ3) is 6.68. The van der Waals surface area contributed by atoms with E-state index >= 15 is 0 Å². The molecule has 0 saturated carbocycles. The molecule has 0 aromatic heterocycles. The monoisotopic (exact) mass is 267 g/mol. The van der Waals surface area contributed by atoms with Crippen LogP contribution in [0.1, 0.15) is 24.0 Å². The summed E-state index contributed by atoms with van der Waals surface area (Å²) in [6.45, 7) is 5.87. The second-order valence-corrected chi connectivity index (χ2v) is 4.54. The first-order valence-corrected chi connectivity index (χ1v) is 6.71. The zero-order valence-electron chi connectivity index (χ0n) is 11.9. The quantitative estimate of drug-likeness (QED) is 0.658. The highest BCUT2D eigenvalue weighted by molar-refractivity contribution is 5.24. The lowest BCUT2D eigenvalue weighted by Crippen LogP contribution is -2.09. The first-order chi connectivity index (χ1) is 9.27. The van der Waals surface area contributed by atoms with E-state index < -0.39 is 0 Å². The summed E-state index contributed by atoms with van der Waals surface area (Å²) in [5.74, 6) is 0.407. The summed E-state index contributed by atoms with van der Waals surface area (Å²) in [5, 5.41) is 0. The summed E-state index contributed by atoms with van der Waals surface area (Å²) in [7, 11) is 1.66. The molecule has 1 unspecified atom stereocenters. The van der Waals surface area contributed by atoms with Crippen molar-refractivity contribution in [2.24, 2.45) is 5.73 Å². The van der Waals surface area contributed by atoms with Crippen molar-refractivity contribution < 1.29 is 14.2 Å². The Morgan fingerprint density at radius 1 is 1.00 bits per heavy atom. The second kappa shape index (κ2) is 9.92. The third-order valence-corrected chi connectivity index (χ3v) is 2.97. The molecule has 1 aromatic rings. The van der Waals surface area contributed by atoms with Crippen molar-refractivity contribution >= 4 is 0 Å². The molecule has 0 fully saturated rings. The highest BCUT2D eigenvalue weighted by Crippen LogP contribution is 2.14. The van der Waals surface area contributed by atoms with Gasteiger partial charge in [0, 0.05) is 7.11 Å². The fourth-order valence-corrected chi connectivity index (χ4v) is 1.63. The van der Waals surface area contributed by atoms with E-state index in [0.717, 1.165) is 0 Å². The van der Waals surface area contributed by atoms with Crippen molar-refractivity contribution in [2.75, 3.05) is 40.1 Å². The molecule has 0 amide bonds. The van der Waals surface area contributed by atoms with E-state index in [9.17, 15) is 0 Å². The average molecular weight is 267 g/mol. The molecule has 108 valence electrons. The molecule has 0 aliphatic heterocycles. The van der Waals surface area contributed by atoms with Crippen LogP contribution < -0.4 is 5.73 Å². The molecule has 4 nitrogen and oxygen atoms in total. The van der Waals surface area contributed by atoms with Gasteiger partial charge in [-0.05, 0) is 23.6 Å². The molecule has 0 aliphatic rings. The first kappa shape index (κ1) is 16.1. The van der Waals surface area contributed by atoms with Crippen LogP contribution in [0, 0.1) is 0 Å². The van der Waals surface area contributed by atoms with Crippen LogP contribution in [0.15, 0.2) is 24.3 Å². The fourth-order valence-electron chi connectivity index (χ4n) is 1.63. The van der Waals surface area contributed by atoms with E-state index in [-0.39, 0.29) is 0 Å². The van der Waals surface area contributed by atoms with Crippen LogP contribution in [0.4, 0.5) is 0 Å². The Hall–Kier alpha value is -0.940. The van der Waals surface area contributed by atoms with Crippen LogP contribution >= 0.6 is 0 Å². The molecule has 1 atom stereocenters. The third-order valence-electron chi connectivity index (χ3n) is 2.97. The summed E-state index contributed by atoms with van der Waals surface area (Å²) in [6, 6.07) is 8.41. The van der Waals surface area contributed by atoms with Gasteiger partial charge in [-0.15, -0.1) is 0 Å². The SMILES string of the molecule is COCCOCCOCc1ccc(C(C)CN)cc1. The summed E-state index contributed by atoms with van der Waals surface area (Å²) >= 11 is 0. The smallest absolute Gasteiger partial charge is 0.0718 e. The molecule has 0 spiro atoms. The van der Waals surface area contributed by atoms with Gasteiger partial charge >= 0.3 is 0 Å². The maximum atomic E-state index is 5.64. The Labute approximate surface area is 115 Å². The minimum Gasteiger partial charge on any atom is -0.382 e. The summed E-state index contributed by atoms with van der Waals surface area (Å²) in [6.07, 6.45) is 0. The van der Waals surface area contributed by atoms with Crippen LogP contribution in [0.2, 0.25) is 0 Å². The number of rotatable bonds is 10. The molecule has 0 aliphatic carbocycles. The van der Waals surface area contributed by atoms with Crippen molar-refractivity contribution in [3.63, 3.8) is 0 Å². The predicted molar refractivity (Wildman–Crippen MR) is 76.3 cm³/mol. The van der Waals surface area contributed by atoms with Gasteiger partial charge in [0.15, 0.2) is 0 Å². The van der Waals surface area contributed by atoms with E-state index in [1.165, 1.54) is 11.1 Å². The normalized spacial score (nSPS) is 12.6. The maximum Gasteiger partial charge on any atom is 0.0718 e. The van der Waals surface area contributed by atoms with Gasteiger partial charge in [0.2, 0.25) is 0 Å². The van der Waals surface area contributed by atoms with Crippen LogP contribution in [0.5, 0.6) is 0 Å². The molecule has 1 aromatic carbocycles. The topological polar surface area (TPSA) is 53.7 Å². The lowest BCUT2D eigenvalue weighted by molar-refractivity contribution is 0.0199. The Morgan fingerprint density at radius 2 is 1.63 bits per heavy atom. The molecule has 2 N–H and O–H groups in total. The molecule has 0 saturated heterocycles. The van der Waals surface area contributed by atoms with Gasteiger partial charge in [0.05, 0.1) is 33.0 Å². The van der Waals surface area contributed by atoms with E-state index in [4.69, 9.17) is 19.9 Å². The lowest BCUT2D eigenvalue weighted by Gasteiger charge is -2.10. The zero-order chi connectivity index (χ0) is 13.9. The second-order valence-electron chi connectivity index (χ2n) is 4.54. The van der Waals surface area contributed by atoms with E-state index in [0.29, 0.717) is 45.5 Å². The van der Waals surface area contributed by atoms with E-state index in [1.54, 1.807) is 7.11 Å². The molecular formula is C15H25NO3. The predicted octanol–water partition coefficient (Wildman–Crippen LogP) is 1.93. The highest BCUT2D eigenvalue weighted by atomic mass is 16.5. The molecule has 0 bridgehead atoms. The van der Waals surface area contributed by atoms with Crippen LogP contribution in [0.3, 0.4) is 0 Å². The zero-order valence-corrected chi connectivity index (χ0v) is 11.9. The average Bonchev–Trinajstić information content (AvgIpc) is 2.46. The molecule has 0 heterocycles. The maximum absolute atomic E-state index is 5.64. The summed E-state index contributed by atoms with van der Waals surface area (Å²) in [4.78, 5) is 0. The molecule has 4 heteroatoms.